The van der Waals surface area contributed by atoms with Gasteiger partial charge in [0.25, 0.3) is 0 Å². The molecule has 0 spiro atoms. The van der Waals surface area contributed by atoms with Crippen molar-refractivity contribution in [1.29, 1.82) is 0 Å². The molecule has 0 atom stereocenters. The summed E-state index contributed by atoms with van der Waals surface area (Å²) >= 11 is 0. The van der Waals surface area contributed by atoms with Crippen molar-refractivity contribution < 1.29 is 4.74 Å². The molecule has 6 heteroatoms. The Labute approximate surface area is 119 Å². The number of aromatic nitrogens is 4. The molecule has 0 unspecified atom stereocenters. The minimum Gasteiger partial charge on any atom is -0.478 e. The zero-order valence-electron chi connectivity index (χ0n) is 12.0. The van der Waals surface area contributed by atoms with Gasteiger partial charge in [-0.3, -0.25) is 5.10 Å². The van der Waals surface area contributed by atoms with Crippen LogP contribution in [0.4, 0.5) is 5.82 Å². The van der Waals surface area contributed by atoms with Crippen LogP contribution in [0.1, 0.15) is 31.0 Å². The largest absolute Gasteiger partial charge is 0.478 e. The molecule has 0 aliphatic carbocycles. The van der Waals surface area contributed by atoms with Crippen LogP contribution in [-0.4, -0.2) is 33.3 Å². The molecule has 0 aliphatic rings. The lowest BCUT2D eigenvalue weighted by molar-refractivity contribution is 0.305. The first-order chi connectivity index (χ1) is 9.79. The van der Waals surface area contributed by atoms with Crippen LogP contribution in [0.3, 0.4) is 0 Å². The molecule has 0 aliphatic heterocycles. The molecule has 2 aromatic rings. The highest BCUT2D eigenvalue weighted by Crippen LogP contribution is 2.12. The summed E-state index contributed by atoms with van der Waals surface area (Å²) in [5.74, 6) is 1.42. The Hall–Kier alpha value is -2.11. The summed E-state index contributed by atoms with van der Waals surface area (Å²) in [7, 11) is 0. The third kappa shape index (κ3) is 4.22. The number of hydrogen-bond donors (Lipinski definition) is 2. The molecule has 0 fully saturated rings. The Morgan fingerprint density at radius 3 is 3.00 bits per heavy atom. The first kappa shape index (κ1) is 14.3. The predicted molar refractivity (Wildman–Crippen MR) is 78.0 cm³/mol. The van der Waals surface area contributed by atoms with Gasteiger partial charge in [-0.25, -0.2) is 9.97 Å². The van der Waals surface area contributed by atoms with Gasteiger partial charge >= 0.3 is 0 Å². The molecule has 2 heterocycles. The lowest BCUT2D eigenvalue weighted by Gasteiger charge is -2.07. The van der Waals surface area contributed by atoms with E-state index in [-0.39, 0.29) is 0 Å². The molecule has 0 bridgehead atoms. The van der Waals surface area contributed by atoms with Crippen LogP contribution in [0.5, 0.6) is 5.88 Å². The lowest BCUT2D eigenvalue weighted by Crippen LogP contribution is -2.06. The quantitative estimate of drug-likeness (QED) is 0.723. The van der Waals surface area contributed by atoms with Crippen molar-refractivity contribution in [3.05, 3.63) is 29.8 Å². The Balaban J connectivity index is 1.75. The average molecular weight is 275 g/mol. The van der Waals surface area contributed by atoms with Gasteiger partial charge in [-0.1, -0.05) is 6.92 Å². The van der Waals surface area contributed by atoms with E-state index in [1.807, 2.05) is 19.2 Å². The first-order valence-electron chi connectivity index (χ1n) is 6.97. The zero-order valence-corrected chi connectivity index (χ0v) is 12.0. The van der Waals surface area contributed by atoms with Crippen LogP contribution in [0.25, 0.3) is 0 Å². The summed E-state index contributed by atoms with van der Waals surface area (Å²) in [5.41, 5.74) is 2.41. The van der Waals surface area contributed by atoms with Crippen molar-refractivity contribution in [1.82, 2.24) is 20.2 Å². The number of anilines is 1. The van der Waals surface area contributed by atoms with E-state index >= 15 is 0 Å². The molecule has 2 rings (SSSR count). The Morgan fingerprint density at radius 1 is 1.35 bits per heavy atom. The molecule has 0 radical (unpaired) electrons. The monoisotopic (exact) mass is 275 g/mol. The van der Waals surface area contributed by atoms with E-state index < -0.39 is 0 Å². The number of rotatable bonds is 8. The van der Waals surface area contributed by atoms with Gasteiger partial charge < -0.3 is 10.1 Å². The number of nitrogens with one attached hydrogen (secondary N) is 2. The maximum Gasteiger partial charge on any atom is 0.218 e. The molecular weight excluding hydrogens is 254 g/mol. The van der Waals surface area contributed by atoms with Gasteiger partial charge in [-0.15, -0.1) is 0 Å². The molecule has 108 valence electrons. The van der Waals surface area contributed by atoms with E-state index in [9.17, 15) is 0 Å². The van der Waals surface area contributed by atoms with Crippen molar-refractivity contribution in [2.24, 2.45) is 0 Å². The van der Waals surface area contributed by atoms with Crippen LogP contribution in [0, 0.1) is 6.92 Å². The Morgan fingerprint density at radius 2 is 2.25 bits per heavy atom. The van der Waals surface area contributed by atoms with Crippen LogP contribution < -0.4 is 10.1 Å². The number of aryl methyl sites for hydroxylation is 2. The van der Waals surface area contributed by atoms with Crippen molar-refractivity contribution in [2.75, 3.05) is 18.5 Å². The van der Waals surface area contributed by atoms with Gasteiger partial charge in [0, 0.05) is 18.3 Å². The fraction of sp³-hybridized carbons (Fsp3) is 0.500. The maximum atomic E-state index is 5.47. The van der Waals surface area contributed by atoms with Crippen LogP contribution in [-0.2, 0) is 6.42 Å². The zero-order chi connectivity index (χ0) is 14.2. The lowest BCUT2D eigenvalue weighted by atomic mass is 10.1. The Bertz CT molecular complexity index is 526. The summed E-state index contributed by atoms with van der Waals surface area (Å²) in [6, 6.07) is 1.83. The fourth-order valence-corrected chi connectivity index (χ4v) is 1.84. The summed E-state index contributed by atoms with van der Waals surface area (Å²) in [4.78, 5) is 8.25. The number of ether oxygens (including phenoxy) is 1. The first-order valence-corrected chi connectivity index (χ1v) is 6.97. The number of aromatic amines is 1. The maximum absolute atomic E-state index is 5.47. The summed E-state index contributed by atoms with van der Waals surface area (Å²) in [6.45, 7) is 5.64. The molecule has 0 aromatic carbocycles. The van der Waals surface area contributed by atoms with E-state index in [1.54, 1.807) is 0 Å². The summed E-state index contributed by atoms with van der Waals surface area (Å²) in [6.07, 6.45) is 6.40. The van der Waals surface area contributed by atoms with Crippen LogP contribution >= 0.6 is 0 Å². The molecule has 2 N–H and O–H groups in total. The van der Waals surface area contributed by atoms with Crippen molar-refractivity contribution in [2.45, 2.75) is 33.1 Å². The van der Waals surface area contributed by atoms with Crippen molar-refractivity contribution >= 4 is 5.82 Å². The average Bonchev–Trinajstić information content (AvgIpc) is 2.87. The van der Waals surface area contributed by atoms with Crippen molar-refractivity contribution in [3.8, 4) is 5.88 Å². The van der Waals surface area contributed by atoms with E-state index in [0.29, 0.717) is 12.5 Å². The SMILES string of the molecule is CCCOc1cc(NCCCc2cn[nH]c2C)ncn1. The third-order valence-corrected chi connectivity index (χ3v) is 2.96. The van der Waals surface area contributed by atoms with E-state index in [0.717, 1.165) is 37.3 Å². The minimum atomic E-state index is 0.620. The van der Waals surface area contributed by atoms with Gasteiger partial charge in [0.1, 0.15) is 12.1 Å². The second-order valence-electron chi connectivity index (χ2n) is 4.64. The highest BCUT2D eigenvalue weighted by Gasteiger charge is 2.01. The molecule has 0 saturated heterocycles. The minimum absolute atomic E-state index is 0.620. The molecule has 0 amide bonds. The van der Waals surface area contributed by atoms with Gasteiger partial charge in [0.05, 0.1) is 12.8 Å². The topological polar surface area (TPSA) is 75.7 Å². The molecule has 2 aromatic heterocycles. The Kier molecular flexibility index (Phi) is 5.34. The molecular formula is C14H21N5O. The van der Waals surface area contributed by atoms with E-state index in [4.69, 9.17) is 4.74 Å². The van der Waals surface area contributed by atoms with Crippen LogP contribution in [0.15, 0.2) is 18.6 Å². The van der Waals surface area contributed by atoms with Gasteiger partial charge in [0.15, 0.2) is 0 Å². The van der Waals surface area contributed by atoms with Crippen LogP contribution in [0.2, 0.25) is 0 Å². The molecule has 20 heavy (non-hydrogen) atoms. The standard InChI is InChI=1S/C14H21N5O/c1-3-7-20-14-8-13(16-10-17-14)15-6-4-5-12-9-18-19-11(12)2/h8-10H,3-7H2,1-2H3,(H,18,19)(H,15,16,17). The predicted octanol–water partition coefficient (Wildman–Crippen LogP) is 2.34. The van der Waals surface area contributed by atoms with E-state index in [1.165, 1.54) is 11.9 Å². The van der Waals surface area contributed by atoms with Crippen molar-refractivity contribution in [3.63, 3.8) is 0 Å². The normalized spacial score (nSPS) is 10.5. The smallest absolute Gasteiger partial charge is 0.218 e. The fourth-order valence-electron chi connectivity index (χ4n) is 1.84. The highest BCUT2D eigenvalue weighted by atomic mass is 16.5. The summed E-state index contributed by atoms with van der Waals surface area (Å²) in [5, 5.41) is 10.2. The number of H-pyrrole nitrogens is 1. The van der Waals surface area contributed by atoms with E-state index in [2.05, 4.69) is 32.4 Å². The summed E-state index contributed by atoms with van der Waals surface area (Å²) < 4.78 is 5.47. The third-order valence-electron chi connectivity index (χ3n) is 2.96. The number of nitrogens with zero attached hydrogens (tertiary/aromatic N) is 3. The number of hydrogen-bond acceptors (Lipinski definition) is 5. The second-order valence-corrected chi connectivity index (χ2v) is 4.64. The molecule has 0 saturated carbocycles. The molecule has 6 nitrogen and oxygen atoms in total. The van der Waals surface area contributed by atoms with Gasteiger partial charge in [-0.2, -0.15) is 5.10 Å². The highest BCUT2D eigenvalue weighted by molar-refractivity contribution is 5.36. The second kappa shape index (κ2) is 7.47. The van der Waals surface area contributed by atoms with Gasteiger partial charge in [-0.05, 0) is 31.7 Å². The van der Waals surface area contributed by atoms with Gasteiger partial charge in [0.2, 0.25) is 5.88 Å².